The largest absolute Gasteiger partial charge is 0.405 e. The Morgan fingerprint density at radius 2 is 2.18 bits per heavy atom. The van der Waals surface area contributed by atoms with Crippen molar-refractivity contribution >= 4 is 23.0 Å². The quantitative estimate of drug-likeness (QED) is 0.845. The lowest BCUT2D eigenvalue weighted by molar-refractivity contribution is -0.119. The van der Waals surface area contributed by atoms with E-state index in [4.69, 9.17) is 18.0 Å². The van der Waals surface area contributed by atoms with E-state index in [9.17, 15) is 13.2 Å². The van der Waals surface area contributed by atoms with Gasteiger partial charge in [-0.3, -0.25) is 0 Å². The van der Waals surface area contributed by atoms with E-state index in [1.165, 1.54) is 12.3 Å². The molecule has 0 bridgehead atoms. The van der Waals surface area contributed by atoms with Gasteiger partial charge in [-0.2, -0.15) is 13.2 Å². The van der Waals surface area contributed by atoms with Crippen molar-refractivity contribution in [2.24, 2.45) is 5.73 Å². The smallest absolute Gasteiger partial charge is 0.389 e. The molecule has 1 aromatic heterocycles. The predicted molar refractivity (Wildman–Crippen MR) is 64.1 cm³/mol. The third-order valence-corrected chi connectivity index (χ3v) is 2.34. The second-order valence-corrected chi connectivity index (χ2v) is 3.84. The third-order valence-electron chi connectivity index (χ3n) is 2.11. The fourth-order valence-electron chi connectivity index (χ4n) is 1.32. The molecule has 1 rings (SSSR count). The fourth-order valence-corrected chi connectivity index (χ4v) is 1.44. The summed E-state index contributed by atoms with van der Waals surface area (Å²) in [5, 5.41) is 0. The van der Waals surface area contributed by atoms with Crippen LogP contribution >= 0.6 is 12.2 Å². The van der Waals surface area contributed by atoms with Gasteiger partial charge in [-0.25, -0.2) is 4.98 Å². The second-order valence-electron chi connectivity index (χ2n) is 3.40. The number of aromatic nitrogens is 1. The molecule has 17 heavy (non-hydrogen) atoms. The van der Waals surface area contributed by atoms with Crippen molar-refractivity contribution in [1.29, 1.82) is 0 Å². The summed E-state index contributed by atoms with van der Waals surface area (Å²) in [4.78, 5) is 5.14. The Balaban J connectivity index is 2.96. The molecule has 0 unspecified atom stereocenters. The van der Waals surface area contributed by atoms with Crippen molar-refractivity contribution in [3.63, 3.8) is 0 Å². The molecule has 0 atom stereocenters. The summed E-state index contributed by atoms with van der Waals surface area (Å²) in [6.45, 7) is 0.783. The first-order valence-corrected chi connectivity index (χ1v) is 5.32. The van der Waals surface area contributed by atoms with Crippen LogP contribution in [0.25, 0.3) is 0 Å². The number of thiocarbonyl (C=S) groups is 1. The normalized spacial score (nSPS) is 11.3. The van der Waals surface area contributed by atoms with Crippen LogP contribution in [0.15, 0.2) is 18.3 Å². The monoisotopic (exact) mass is 263 g/mol. The van der Waals surface area contributed by atoms with Crippen LogP contribution in [0, 0.1) is 0 Å². The highest BCUT2D eigenvalue weighted by Crippen LogP contribution is 2.20. The standard InChI is InChI=1S/C10H12F3N3S/c1-2-16(6-10(11,12)13)8-5-7(9(14)17)3-4-15-8/h3-5H,2,6H2,1H3,(H2,14,17). The predicted octanol–water partition coefficient (Wildman–Crippen LogP) is 2.10. The van der Waals surface area contributed by atoms with Gasteiger partial charge in [0, 0.05) is 18.3 Å². The molecule has 0 aromatic carbocycles. The summed E-state index contributed by atoms with van der Waals surface area (Å²) in [6, 6.07) is 3.02. The molecule has 0 aliphatic heterocycles. The van der Waals surface area contributed by atoms with E-state index in [1.807, 2.05) is 0 Å². The van der Waals surface area contributed by atoms with Crippen molar-refractivity contribution in [1.82, 2.24) is 4.98 Å². The van der Waals surface area contributed by atoms with Crippen molar-refractivity contribution in [2.45, 2.75) is 13.1 Å². The van der Waals surface area contributed by atoms with E-state index in [0.717, 1.165) is 4.90 Å². The SMILES string of the molecule is CCN(CC(F)(F)F)c1cc(C(N)=S)ccn1. The third kappa shape index (κ3) is 4.18. The molecule has 0 saturated heterocycles. The van der Waals surface area contributed by atoms with Gasteiger partial charge in [0.1, 0.15) is 17.4 Å². The van der Waals surface area contributed by atoms with Crippen molar-refractivity contribution in [2.75, 3.05) is 18.0 Å². The number of rotatable bonds is 4. The summed E-state index contributed by atoms with van der Waals surface area (Å²) in [7, 11) is 0. The molecule has 0 saturated carbocycles. The summed E-state index contributed by atoms with van der Waals surface area (Å²) in [5.41, 5.74) is 5.92. The van der Waals surface area contributed by atoms with Gasteiger partial charge < -0.3 is 10.6 Å². The number of nitrogens with zero attached hydrogens (tertiary/aromatic N) is 2. The second kappa shape index (κ2) is 5.31. The molecule has 94 valence electrons. The maximum absolute atomic E-state index is 12.3. The number of pyridine rings is 1. The van der Waals surface area contributed by atoms with E-state index in [1.54, 1.807) is 13.0 Å². The maximum atomic E-state index is 12.3. The van der Waals surface area contributed by atoms with E-state index < -0.39 is 12.7 Å². The maximum Gasteiger partial charge on any atom is 0.405 e. The molecule has 0 spiro atoms. The molecule has 0 radical (unpaired) electrons. The summed E-state index contributed by atoms with van der Waals surface area (Å²) in [6.07, 6.45) is -2.88. The highest BCUT2D eigenvalue weighted by atomic mass is 32.1. The van der Waals surface area contributed by atoms with E-state index >= 15 is 0 Å². The van der Waals surface area contributed by atoms with Crippen LogP contribution in [0.4, 0.5) is 19.0 Å². The van der Waals surface area contributed by atoms with Gasteiger partial charge in [0.05, 0.1) is 0 Å². The molecular weight excluding hydrogens is 251 g/mol. The van der Waals surface area contributed by atoms with Crippen molar-refractivity contribution < 1.29 is 13.2 Å². The van der Waals surface area contributed by atoms with Crippen LogP contribution in [0.5, 0.6) is 0 Å². The summed E-state index contributed by atoms with van der Waals surface area (Å²) < 4.78 is 37.0. The zero-order chi connectivity index (χ0) is 13.1. The number of hydrogen-bond donors (Lipinski definition) is 1. The topological polar surface area (TPSA) is 42.1 Å². The van der Waals surface area contributed by atoms with Crippen LogP contribution in [-0.4, -0.2) is 29.2 Å². The lowest BCUT2D eigenvalue weighted by Crippen LogP contribution is -2.34. The Morgan fingerprint density at radius 3 is 2.65 bits per heavy atom. The highest BCUT2D eigenvalue weighted by molar-refractivity contribution is 7.80. The average Bonchev–Trinajstić information content (AvgIpc) is 2.25. The first-order valence-electron chi connectivity index (χ1n) is 4.91. The first kappa shape index (κ1) is 13.7. The van der Waals surface area contributed by atoms with Crippen LogP contribution in [0.1, 0.15) is 12.5 Å². The van der Waals surface area contributed by atoms with Gasteiger partial charge in [-0.05, 0) is 19.1 Å². The van der Waals surface area contributed by atoms with Crippen LogP contribution in [-0.2, 0) is 0 Å². The molecule has 1 heterocycles. The van der Waals surface area contributed by atoms with Gasteiger partial charge >= 0.3 is 6.18 Å². The molecule has 1 aromatic rings. The number of alkyl halides is 3. The summed E-state index contributed by atoms with van der Waals surface area (Å²) in [5.74, 6) is 0.218. The number of anilines is 1. The summed E-state index contributed by atoms with van der Waals surface area (Å²) >= 11 is 4.76. The molecular formula is C10H12F3N3S. The van der Waals surface area contributed by atoms with Gasteiger partial charge in [0.25, 0.3) is 0 Å². The highest BCUT2D eigenvalue weighted by Gasteiger charge is 2.30. The Morgan fingerprint density at radius 1 is 1.53 bits per heavy atom. The molecule has 2 N–H and O–H groups in total. The van der Waals surface area contributed by atoms with Crippen molar-refractivity contribution in [3.05, 3.63) is 23.9 Å². The lowest BCUT2D eigenvalue weighted by Gasteiger charge is -2.23. The minimum absolute atomic E-state index is 0.136. The van der Waals surface area contributed by atoms with Crippen LogP contribution < -0.4 is 10.6 Å². The molecule has 7 heteroatoms. The Hall–Kier alpha value is -1.37. The molecule has 3 nitrogen and oxygen atoms in total. The van der Waals surface area contributed by atoms with Crippen molar-refractivity contribution in [3.8, 4) is 0 Å². The zero-order valence-corrected chi connectivity index (χ0v) is 9.98. The Bertz CT molecular complexity index is 406. The van der Waals surface area contributed by atoms with Gasteiger partial charge in [-0.15, -0.1) is 0 Å². The minimum atomic E-state index is -4.27. The minimum Gasteiger partial charge on any atom is -0.389 e. The van der Waals surface area contributed by atoms with E-state index in [-0.39, 0.29) is 17.4 Å². The molecule has 0 aliphatic rings. The first-order chi connectivity index (χ1) is 7.83. The molecule has 0 aliphatic carbocycles. The fraction of sp³-hybridized carbons (Fsp3) is 0.400. The number of nitrogens with two attached hydrogens (primary N) is 1. The Kier molecular flexibility index (Phi) is 4.28. The van der Waals surface area contributed by atoms with Crippen LogP contribution in [0.3, 0.4) is 0 Å². The Labute approximate surface area is 102 Å². The average molecular weight is 263 g/mol. The zero-order valence-electron chi connectivity index (χ0n) is 9.16. The van der Waals surface area contributed by atoms with E-state index in [2.05, 4.69) is 4.98 Å². The number of hydrogen-bond acceptors (Lipinski definition) is 3. The lowest BCUT2D eigenvalue weighted by atomic mass is 10.2. The van der Waals surface area contributed by atoms with E-state index in [0.29, 0.717) is 5.56 Å². The molecule has 0 fully saturated rings. The van der Waals surface area contributed by atoms with Gasteiger partial charge in [0.15, 0.2) is 0 Å². The molecule has 0 amide bonds. The van der Waals surface area contributed by atoms with Crippen LogP contribution in [0.2, 0.25) is 0 Å². The van der Waals surface area contributed by atoms with Gasteiger partial charge in [-0.1, -0.05) is 12.2 Å². The number of halogens is 3. The van der Waals surface area contributed by atoms with Gasteiger partial charge in [0.2, 0.25) is 0 Å².